The van der Waals surface area contributed by atoms with Gasteiger partial charge in [-0.25, -0.2) is 9.59 Å². The third kappa shape index (κ3) is 3.05. The molecule has 0 saturated carbocycles. The van der Waals surface area contributed by atoms with Gasteiger partial charge in [0.15, 0.2) is 0 Å². The molecule has 8 nitrogen and oxygen atoms in total. The van der Waals surface area contributed by atoms with E-state index in [1.165, 1.54) is 41.0 Å². The van der Waals surface area contributed by atoms with Gasteiger partial charge in [0.1, 0.15) is 5.69 Å². The lowest BCUT2D eigenvalue weighted by Gasteiger charge is -2.09. The van der Waals surface area contributed by atoms with E-state index >= 15 is 0 Å². The minimum Gasteiger partial charge on any atom is -0.478 e. The molecule has 0 spiro atoms. The molecular weight excluding hydrogens is 328 g/mol. The van der Waals surface area contributed by atoms with E-state index in [1.54, 1.807) is 12.1 Å². The van der Waals surface area contributed by atoms with Gasteiger partial charge in [0.25, 0.3) is 5.69 Å². The Hall–Kier alpha value is -3.68. The molecule has 0 amide bonds. The maximum absolute atomic E-state index is 11.5. The number of carbonyl (C=O) groups is 2. The van der Waals surface area contributed by atoms with Gasteiger partial charge in [-0.1, -0.05) is 12.1 Å². The lowest BCUT2D eigenvalue weighted by atomic mass is 10.1. The van der Waals surface area contributed by atoms with Crippen LogP contribution in [0.4, 0.5) is 5.69 Å². The molecule has 0 saturated heterocycles. The van der Waals surface area contributed by atoms with E-state index in [4.69, 9.17) is 5.11 Å². The van der Waals surface area contributed by atoms with Crippen LogP contribution in [0.15, 0.2) is 48.5 Å². The molecule has 3 aromatic rings. The van der Waals surface area contributed by atoms with Crippen LogP contribution in [0, 0.1) is 10.1 Å². The number of rotatable bonds is 5. The smallest absolute Gasteiger partial charge is 0.352 e. The Labute approximate surface area is 140 Å². The number of hydrogen-bond acceptors (Lipinski definition) is 4. The van der Waals surface area contributed by atoms with E-state index in [2.05, 4.69) is 0 Å². The Morgan fingerprint density at radius 3 is 2.24 bits per heavy atom. The first-order chi connectivity index (χ1) is 11.9. The Balaban J connectivity index is 2.07. The van der Waals surface area contributed by atoms with Gasteiger partial charge in [0, 0.05) is 29.6 Å². The number of hydrogen-bond donors (Lipinski definition) is 2. The van der Waals surface area contributed by atoms with Crippen LogP contribution >= 0.6 is 0 Å². The van der Waals surface area contributed by atoms with E-state index in [-0.39, 0.29) is 23.5 Å². The van der Waals surface area contributed by atoms with Crippen LogP contribution in [-0.4, -0.2) is 31.6 Å². The third-order valence-corrected chi connectivity index (χ3v) is 3.86. The molecule has 3 rings (SSSR count). The van der Waals surface area contributed by atoms with Crippen molar-refractivity contribution in [3.8, 4) is 0 Å². The molecule has 126 valence electrons. The van der Waals surface area contributed by atoms with Gasteiger partial charge in [-0.15, -0.1) is 0 Å². The first-order valence-electron chi connectivity index (χ1n) is 7.20. The van der Waals surface area contributed by atoms with Crippen LogP contribution in [0.1, 0.15) is 26.4 Å². The molecule has 0 aliphatic rings. The summed E-state index contributed by atoms with van der Waals surface area (Å²) in [6, 6.07) is 11.6. The average Bonchev–Trinajstić information content (AvgIpc) is 2.93. The molecule has 1 aromatic heterocycles. The summed E-state index contributed by atoms with van der Waals surface area (Å²) in [6.07, 6.45) is 0. The Kier molecular flexibility index (Phi) is 3.94. The van der Waals surface area contributed by atoms with Crippen molar-refractivity contribution >= 4 is 28.5 Å². The lowest BCUT2D eigenvalue weighted by molar-refractivity contribution is -0.384. The molecule has 0 aliphatic heterocycles. The first-order valence-corrected chi connectivity index (χ1v) is 7.20. The molecule has 1 heterocycles. The number of carboxylic acid groups (broad SMARTS) is 2. The quantitative estimate of drug-likeness (QED) is 0.544. The van der Waals surface area contributed by atoms with Crippen molar-refractivity contribution in [2.75, 3.05) is 0 Å². The van der Waals surface area contributed by atoms with Crippen LogP contribution in [0.25, 0.3) is 10.9 Å². The molecule has 0 bridgehead atoms. The number of aromatic nitrogens is 1. The zero-order valence-corrected chi connectivity index (χ0v) is 12.7. The topological polar surface area (TPSA) is 123 Å². The lowest BCUT2D eigenvalue weighted by Crippen LogP contribution is -2.09. The Bertz CT molecular complexity index is 1000. The summed E-state index contributed by atoms with van der Waals surface area (Å²) in [4.78, 5) is 32.8. The second kappa shape index (κ2) is 6.08. The number of non-ortho nitro benzene ring substituents is 1. The molecule has 2 aromatic carbocycles. The third-order valence-electron chi connectivity index (χ3n) is 3.86. The number of benzene rings is 2. The number of fused-ring (bicyclic) bond motifs is 1. The monoisotopic (exact) mass is 340 g/mol. The van der Waals surface area contributed by atoms with Gasteiger partial charge in [0.05, 0.1) is 10.5 Å². The minimum absolute atomic E-state index is 0.00203. The van der Waals surface area contributed by atoms with Crippen molar-refractivity contribution in [1.82, 2.24) is 4.57 Å². The number of carboxylic acids is 2. The second-order valence-electron chi connectivity index (χ2n) is 5.42. The number of nitrogens with zero attached hydrogens (tertiary/aromatic N) is 2. The van der Waals surface area contributed by atoms with Crippen molar-refractivity contribution in [3.05, 3.63) is 75.5 Å². The highest BCUT2D eigenvalue weighted by Crippen LogP contribution is 2.26. The summed E-state index contributed by atoms with van der Waals surface area (Å²) in [6.45, 7) is 0.197. The van der Waals surface area contributed by atoms with Crippen molar-refractivity contribution < 1.29 is 24.7 Å². The van der Waals surface area contributed by atoms with Crippen LogP contribution in [-0.2, 0) is 6.54 Å². The van der Waals surface area contributed by atoms with E-state index < -0.39 is 16.9 Å². The normalized spacial score (nSPS) is 10.7. The first kappa shape index (κ1) is 16.2. The predicted octanol–water partition coefficient (Wildman–Crippen LogP) is 2.99. The summed E-state index contributed by atoms with van der Waals surface area (Å²) < 4.78 is 1.52. The fourth-order valence-corrected chi connectivity index (χ4v) is 2.65. The van der Waals surface area contributed by atoms with Gasteiger partial charge in [-0.05, 0) is 29.8 Å². The Morgan fingerprint density at radius 2 is 1.68 bits per heavy atom. The fourth-order valence-electron chi connectivity index (χ4n) is 2.65. The molecular formula is C17H12N2O6. The van der Waals surface area contributed by atoms with Gasteiger partial charge in [0.2, 0.25) is 0 Å². The summed E-state index contributed by atoms with van der Waals surface area (Å²) in [7, 11) is 0. The molecule has 25 heavy (non-hydrogen) atoms. The van der Waals surface area contributed by atoms with Crippen LogP contribution in [0.3, 0.4) is 0 Å². The van der Waals surface area contributed by atoms with E-state index in [1.807, 2.05) is 0 Å². The fraction of sp³-hybridized carbons (Fsp3) is 0.0588. The van der Waals surface area contributed by atoms with Crippen LogP contribution < -0.4 is 0 Å². The standard InChI is InChI=1S/C17H12N2O6/c20-16(21)11-3-1-10(2-4-11)9-18-14-6-5-13(19(24)25)7-12(14)8-15(18)17(22)23/h1-8H,9H2,(H,20,21)(H,22,23). The average molecular weight is 340 g/mol. The highest BCUT2D eigenvalue weighted by molar-refractivity contribution is 5.95. The van der Waals surface area contributed by atoms with Gasteiger partial charge >= 0.3 is 11.9 Å². The van der Waals surface area contributed by atoms with Crippen LogP contribution in [0.5, 0.6) is 0 Å². The second-order valence-corrected chi connectivity index (χ2v) is 5.42. The maximum Gasteiger partial charge on any atom is 0.352 e. The zero-order valence-electron chi connectivity index (χ0n) is 12.7. The minimum atomic E-state index is -1.15. The highest BCUT2D eigenvalue weighted by Gasteiger charge is 2.17. The zero-order chi connectivity index (χ0) is 18.1. The summed E-state index contributed by atoms with van der Waals surface area (Å²) in [5, 5.41) is 29.7. The van der Waals surface area contributed by atoms with Gasteiger partial charge in [-0.2, -0.15) is 0 Å². The molecule has 0 fully saturated rings. The molecule has 0 aliphatic carbocycles. The molecule has 0 radical (unpaired) electrons. The Morgan fingerprint density at radius 1 is 1.00 bits per heavy atom. The summed E-state index contributed by atoms with van der Waals surface area (Å²) in [5.41, 5.74) is 1.27. The van der Waals surface area contributed by atoms with E-state index in [9.17, 15) is 24.8 Å². The molecule has 8 heteroatoms. The van der Waals surface area contributed by atoms with Crippen molar-refractivity contribution in [3.63, 3.8) is 0 Å². The molecule has 2 N–H and O–H groups in total. The molecule has 0 atom stereocenters. The number of nitro benzene ring substituents is 1. The highest BCUT2D eigenvalue weighted by atomic mass is 16.6. The molecule has 0 unspecified atom stereocenters. The predicted molar refractivity (Wildman–Crippen MR) is 88.1 cm³/mol. The van der Waals surface area contributed by atoms with E-state index in [0.29, 0.717) is 16.5 Å². The number of aromatic carboxylic acids is 2. The van der Waals surface area contributed by atoms with Crippen LogP contribution in [0.2, 0.25) is 0 Å². The van der Waals surface area contributed by atoms with Crippen molar-refractivity contribution in [2.24, 2.45) is 0 Å². The number of nitro groups is 1. The maximum atomic E-state index is 11.5. The van der Waals surface area contributed by atoms with Gasteiger partial charge < -0.3 is 14.8 Å². The largest absolute Gasteiger partial charge is 0.478 e. The SMILES string of the molecule is O=C(O)c1ccc(Cn2c(C(=O)O)cc3cc([N+](=O)[O-])ccc32)cc1. The van der Waals surface area contributed by atoms with E-state index in [0.717, 1.165) is 0 Å². The summed E-state index contributed by atoms with van der Waals surface area (Å²) in [5.74, 6) is -2.20. The van der Waals surface area contributed by atoms with Crippen molar-refractivity contribution in [2.45, 2.75) is 6.54 Å². The van der Waals surface area contributed by atoms with Gasteiger partial charge in [-0.3, -0.25) is 10.1 Å². The summed E-state index contributed by atoms with van der Waals surface area (Å²) >= 11 is 0. The van der Waals surface area contributed by atoms with Crippen molar-refractivity contribution in [1.29, 1.82) is 0 Å².